The largest absolute Gasteiger partial charge is 0.452 e. The summed E-state index contributed by atoms with van der Waals surface area (Å²) in [5.41, 5.74) is 19.5. The van der Waals surface area contributed by atoms with Gasteiger partial charge in [-0.25, -0.2) is 0 Å². The van der Waals surface area contributed by atoms with E-state index in [2.05, 4.69) is 153 Å². The van der Waals surface area contributed by atoms with E-state index in [1.165, 1.54) is 5.56 Å². The molecule has 13 rings (SSSR count). The van der Waals surface area contributed by atoms with E-state index in [-0.39, 0.29) is 0 Å². The summed E-state index contributed by atoms with van der Waals surface area (Å²) in [5, 5.41) is 0. The minimum Gasteiger partial charge on any atom is -0.452 e. The van der Waals surface area contributed by atoms with E-state index in [9.17, 15) is 0 Å². The highest BCUT2D eigenvalue weighted by Crippen LogP contribution is 2.66. The molecule has 0 saturated heterocycles. The fraction of sp³-hybridized carbons (Fsp3) is 0.0179. The summed E-state index contributed by atoms with van der Waals surface area (Å²) >= 11 is 0. The van der Waals surface area contributed by atoms with Crippen molar-refractivity contribution in [3.63, 3.8) is 0 Å². The molecule has 294 valence electrons. The van der Waals surface area contributed by atoms with Gasteiger partial charge < -0.3 is 9.64 Å². The van der Waals surface area contributed by atoms with Crippen molar-refractivity contribution in [2.75, 3.05) is 4.90 Å². The molecule has 1 unspecified atom stereocenters. The number of benzene rings is 5. The predicted molar refractivity (Wildman–Crippen MR) is 248 cm³/mol. The highest BCUT2D eigenvalue weighted by atomic mass is 16.5. The number of fused-ring (bicyclic) bond motifs is 13. The summed E-state index contributed by atoms with van der Waals surface area (Å²) in [5.74, 6) is 1.61. The maximum Gasteiger partial charge on any atom is 0.159 e. The van der Waals surface area contributed by atoms with Crippen molar-refractivity contribution in [2.24, 2.45) is 0 Å². The van der Waals surface area contributed by atoms with E-state index in [1.807, 2.05) is 73.8 Å². The van der Waals surface area contributed by atoms with Gasteiger partial charge >= 0.3 is 0 Å². The van der Waals surface area contributed by atoms with Crippen molar-refractivity contribution in [2.45, 2.75) is 5.41 Å². The van der Waals surface area contributed by atoms with Gasteiger partial charge in [0.1, 0.15) is 0 Å². The third kappa shape index (κ3) is 5.17. The molecule has 3 aliphatic rings. The van der Waals surface area contributed by atoms with Crippen LogP contribution in [0.1, 0.15) is 22.3 Å². The van der Waals surface area contributed by atoms with E-state index >= 15 is 0 Å². The molecule has 6 heterocycles. The van der Waals surface area contributed by atoms with Crippen molar-refractivity contribution in [3.8, 4) is 78.5 Å². The molecule has 7 heteroatoms. The van der Waals surface area contributed by atoms with Gasteiger partial charge in [-0.15, -0.1) is 0 Å². The second-order valence-corrected chi connectivity index (χ2v) is 16.1. The van der Waals surface area contributed by atoms with Gasteiger partial charge in [0.15, 0.2) is 11.5 Å². The Morgan fingerprint density at radius 3 is 1.75 bits per heavy atom. The molecule has 1 aliphatic heterocycles. The molecule has 1 spiro atoms. The number of pyridine rings is 5. The average Bonchev–Trinajstić information content (AvgIpc) is 3.83. The molecular formula is C56H34N6O. The number of ether oxygens (including phenoxy) is 1. The average molecular weight is 807 g/mol. The number of rotatable bonds is 5. The molecule has 0 N–H and O–H groups in total. The molecule has 2 aliphatic carbocycles. The van der Waals surface area contributed by atoms with Gasteiger partial charge in [-0.2, -0.15) is 0 Å². The molecule has 5 aromatic heterocycles. The molecule has 63 heavy (non-hydrogen) atoms. The van der Waals surface area contributed by atoms with Gasteiger partial charge in [0.2, 0.25) is 0 Å². The van der Waals surface area contributed by atoms with Crippen LogP contribution in [0.3, 0.4) is 0 Å². The van der Waals surface area contributed by atoms with Crippen molar-refractivity contribution < 1.29 is 4.74 Å². The maximum atomic E-state index is 7.05. The zero-order valence-electron chi connectivity index (χ0n) is 33.7. The van der Waals surface area contributed by atoms with Crippen LogP contribution < -0.4 is 9.64 Å². The first-order valence-electron chi connectivity index (χ1n) is 21.0. The summed E-state index contributed by atoms with van der Waals surface area (Å²) in [6.45, 7) is 0. The summed E-state index contributed by atoms with van der Waals surface area (Å²) in [6, 6.07) is 56.0. The highest BCUT2D eigenvalue weighted by molar-refractivity contribution is 6.01. The van der Waals surface area contributed by atoms with Gasteiger partial charge in [-0.1, -0.05) is 72.8 Å². The quantitative estimate of drug-likeness (QED) is 0.171. The van der Waals surface area contributed by atoms with Crippen LogP contribution in [-0.2, 0) is 5.41 Å². The molecule has 0 fully saturated rings. The summed E-state index contributed by atoms with van der Waals surface area (Å²) in [6.07, 6.45) is 15.0. The van der Waals surface area contributed by atoms with E-state index in [0.717, 1.165) is 112 Å². The molecule has 10 aromatic rings. The SMILES string of the molecule is c1ccc2c(c1)Oc1c(ccc3c1-c1ccccc1C31c3cccnc3-c3ncc(-c4ccccc4-c4cc(-c5ccncc5)cc(-c5ccncc5)c4)cc31)N2c1ccncc1. The van der Waals surface area contributed by atoms with Crippen LogP contribution in [0.5, 0.6) is 11.5 Å². The minimum absolute atomic E-state index is 0.713. The normalized spacial score (nSPS) is 14.8. The molecule has 0 amide bonds. The topological polar surface area (TPSA) is 76.9 Å². The Hall–Kier alpha value is -8.55. The molecule has 0 saturated carbocycles. The van der Waals surface area contributed by atoms with E-state index in [0.29, 0.717) is 0 Å². The number of aromatic nitrogens is 5. The lowest BCUT2D eigenvalue weighted by Gasteiger charge is -2.35. The lowest BCUT2D eigenvalue weighted by Crippen LogP contribution is -2.26. The molecule has 0 radical (unpaired) electrons. The summed E-state index contributed by atoms with van der Waals surface area (Å²) in [4.78, 5) is 25.6. The number of para-hydroxylation sites is 2. The van der Waals surface area contributed by atoms with Gasteiger partial charge in [-0.05, 0) is 146 Å². The van der Waals surface area contributed by atoms with Crippen molar-refractivity contribution in [1.82, 2.24) is 24.9 Å². The Morgan fingerprint density at radius 1 is 0.397 bits per heavy atom. The Balaban J connectivity index is 1.04. The highest BCUT2D eigenvalue weighted by Gasteiger charge is 2.54. The molecule has 7 nitrogen and oxygen atoms in total. The van der Waals surface area contributed by atoms with E-state index in [4.69, 9.17) is 14.7 Å². The number of anilines is 3. The first-order valence-corrected chi connectivity index (χ1v) is 21.0. The Labute approximate surface area is 363 Å². The fourth-order valence-corrected chi connectivity index (χ4v) is 10.2. The van der Waals surface area contributed by atoms with E-state index in [1.54, 1.807) is 0 Å². The van der Waals surface area contributed by atoms with Crippen LogP contribution in [0, 0.1) is 0 Å². The van der Waals surface area contributed by atoms with Crippen molar-refractivity contribution in [3.05, 3.63) is 230 Å². The van der Waals surface area contributed by atoms with Crippen LogP contribution in [0.4, 0.5) is 17.1 Å². The second kappa shape index (κ2) is 13.7. The first-order chi connectivity index (χ1) is 31.3. The standard InChI is InChI=1S/C56H34N6O/c1-2-9-43(42(8-1)39-31-37(35-17-24-57-25-18-35)30-38(32-39)36-19-26-58-27-20-36)40-33-48-54(61-34-40)53-47(12-7-23-60-53)56(48)45-11-4-3-10-44(45)52-46(56)15-16-50-55(52)63-51-14-6-5-13-49(51)62(50)41-21-28-59-29-22-41/h1-34H. The van der Waals surface area contributed by atoms with Crippen molar-refractivity contribution >= 4 is 17.1 Å². The van der Waals surface area contributed by atoms with E-state index < -0.39 is 5.41 Å². The lowest BCUT2D eigenvalue weighted by molar-refractivity contribution is 0.478. The van der Waals surface area contributed by atoms with Crippen LogP contribution in [0.15, 0.2) is 207 Å². The third-order valence-electron chi connectivity index (χ3n) is 12.9. The van der Waals surface area contributed by atoms with Gasteiger partial charge in [-0.3, -0.25) is 24.9 Å². The van der Waals surface area contributed by atoms with Gasteiger partial charge in [0, 0.05) is 72.0 Å². The minimum atomic E-state index is -0.713. The molecular weight excluding hydrogens is 773 g/mol. The van der Waals surface area contributed by atoms with Gasteiger partial charge in [0.05, 0.1) is 28.2 Å². The first kappa shape index (κ1) is 35.2. The van der Waals surface area contributed by atoms with Crippen LogP contribution in [-0.4, -0.2) is 24.9 Å². The third-order valence-corrected chi connectivity index (χ3v) is 12.9. The number of nitrogens with zero attached hydrogens (tertiary/aromatic N) is 6. The van der Waals surface area contributed by atoms with Gasteiger partial charge in [0.25, 0.3) is 0 Å². The van der Waals surface area contributed by atoms with Crippen molar-refractivity contribution in [1.29, 1.82) is 0 Å². The predicted octanol–water partition coefficient (Wildman–Crippen LogP) is 13.2. The Morgan fingerprint density at radius 2 is 1.00 bits per heavy atom. The smallest absolute Gasteiger partial charge is 0.159 e. The Kier molecular flexibility index (Phi) is 7.68. The molecule has 1 atom stereocenters. The van der Waals surface area contributed by atoms with Crippen LogP contribution in [0.2, 0.25) is 0 Å². The summed E-state index contributed by atoms with van der Waals surface area (Å²) < 4.78 is 7.05. The lowest BCUT2D eigenvalue weighted by atomic mass is 9.70. The zero-order chi connectivity index (χ0) is 41.5. The number of hydrogen-bond acceptors (Lipinski definition) is 7. The monoisotopic (exact) mass is 806 g/mol. The zero-order valence-corrected chi connectivity index (χ0v) is 33.7. The second-order valence-electron chi connectivity index (χ2n) is 16.1. The summed E-state index contributed by atoms with van der Waals surface area (Å²) in [7, 11) is 0. The van der Waals surface area contributed by atoms with Crippen LogP contribution >= 0.6 is 0 Å². The number of hydrogen-bond donors (Lipinski definition) is 0. The Bertz CT molecular complexity index is 3390. The maximum absolute atomic E-state index is 7.05. The molecule has 5 aromatic carbocycles. The fourth-order valence-electron chi connectivity index (χ4n) is 10.2. The van der Waals surface area contributed by atoms with Crippen LogP contribution in [0.25, 0.3) is 67.0 Å². The molecule has 0 bridgehead atoms.